The van der Waals surface area contributed by atoms with E-state index in [0.717, 1.165) is 5.56 Å². The van der Waals surface area contributed by atoms with Gasteiger partial charge in [-0.15, -0.1) is 0 Å². The van der Waals surface area contributed by atoms with Gasteiger partial charge in [0.15, 0.2) is 0 Å². The van der Waals surface area contributed by atoms with Crippen molar-refractivity contribution in [3.63, 3.8) is 0 Å². The van der Waals surface area contributed by atoms with Crippen LogP contribution in [0, 0.1) is 0 Å². The lowest BCUT2D eigenvalue weighted by atomic mass is 10.4. The van der Waals surface area contributed by atoms with E-state index >= 15 is 0 Å². The number of hydrogen-bond donors (Lipinski definition) is 0. The number of rotatable bonds is 1. The minimum atomic E-state index is 0.752. The molecule has 0 spiro atoms. The van der Waals surface area contributed by atoms with E-state index in [9.17, 15) is 0 Å². The monoisotopic (exact) mass is 123 g/mol. The Balaban J connectivity index is 2.99. The summed E-state index contributed by atoms with van der Waals surface area (Å²) in [5, 5.41) is 2.49. The van der Waals surface area contributed by atoms with Crippen LogP contribution in [0.1, 0.15) is 5.56 Å². The van der Waals surface area contributed by atoms with Gasteiger partial charge in [-0.25, -0.2) is 9.97 Å². The molecule has 0 aliphatic heterocycles. The maximum atomic E-state index is 4.49. The standard InChI is InChI=1S/C5H3N2S/c8-3-5-1-6-4-7-2-5/h1-2,4H. The van der Waals surface area contributed by atoms with Crippen LogP contribution in [0.3, 0.4) is 0 Å². The lowest BCUT2D eigenvalue weighted by Gasteiger charge is -1.81. The predicted molar refractivity (Wildman–Crippen MR) is 33.7 cm³/mol. The molecule has 8 heavy (non-hydrogen) atoms. The summed E-state index contributed by atoms with van der Waals surface area (Å²) in [5.74, 6) is 0. The second-order valence-corrected chi connectivity index (χ2v) is 1.43. The normalized spacial score (nSPS) is 8.50. The fourth-order valence-corrected chi connectivity index (χ4v) is 0.457. The Morgan fingerprint density at radius 2 is 2.00 bits per heavy atom. The molecule has 0 saturated carbocycles. The average molecular weight is 123 g/mol. The van der Waals surface area contributed by atoms with Gasteiger partial charge in [-0.2, -0.15) is 0 Å². The van der Waals surface area contributed by atoms with Crippen molar-refractivity contribution in [3.05, 3.63) is 24.3 Å². The molecule has 2 nitrogen and oxygen atoms in total. The SMILES string of the molecule is S=[C]c1cncnc1. The van der Waals surface area contributed by atoms with Crippen LogP contribution in [0.15, 0.2) is 18.7 Å². The summed E-state index contributed by atoms with van der Waals surface area (Å²) in [6.45, 7) is 0. The van der Waals surface area contributed by atoms with Gasteiger partial charge >= 0.3 is 0 Å². The summed E-state index contributed by atoms with van der Waals surface area (Å²) >= 11 is 4.49. The Bertz CT molecular complexity index is 173. The lowest BCUT2D eigenvalue weighted by molar-refractivity contribution is 1.16. The van der Waals surface area contributed by atoms with E-state index in [2.05, 4.69) is 27.6 Å². The first-order valence-corrected chi connectivity index (χ1v) is 2.47. The highest BCUT2D eigenvalue weighted by Crippen LogP contribution is 1.84. The summed E-state index contributed by atoms with van der Waals surface area (Å²) in [7, 11) is 0. The third-order valence-corrected chi connectivity index (χ3v) is 0.914. The van der Waals surface area contributed by atoms with E-state index in [-0.39, 0.29) is 0 Å². The fourth-order valence-electron chi connectivity index (χ4n) is 0.352. The number of hydrogen-bond acceptors (Lipinski definition) is 3. The van der Waals surface area contributed by atoms with Crippen LogP contribution in [-0.4, -0.2) is 15.3 Å². The number of thiocarbonyl (C=S) groups is 1. The lowest BCUT2D eigenvalue weighted by Crippen LogP contribution is -1.80. The molecule has 0 aliphatic carbocycles. The smallest absolute Gasteiger partial charge is 0.115 e. The van der Waals surface area contributed by atoms with E-state index in [0.29, 0.717) is 0 Å². The molecule has 1 aromatic heterocycles. The molecular weight excluding hydrogens is 120 g/mol. The van der Waals surface area contributed by atoms with Gasteiger partial charge < -0.3 is 0 Å². The van der Waals surface area contributed by atoms with Crippen molar-refractivity contribution < 1.29 is 0 Å². The van der Waals surface area contributed by atoms with Gasteiger partial charge in [-0.05, 0) is 0 Å². The first kappa shape index (κ1) is 5.31. The minimum Gasteiger partial charge on any atom is -0.244 e. The zero-order chi connectivity index (χ0) is 5.82. The quantitative estimate of drug-likeness (QED) is 0.514. The summed E-state index contributed by atoms with van der Waals surface area (Å²) in [6.07, 6.45) is 4.68. The predicted octanol–water partition coefficient (Wildman–Crippen LogP) is 0.701. The van der Waals surface area contributed by atoms with Gasteiger partial charge in [-0.3, -0.25) is 0 Å². The van der Waals surface area contributed by atoms with Crippen LogP contribution < -0.4 is 0 Å². The maximum Gasteiger partial charge on any atom is 0.115 e. The van der Waals surface area contributed by atoms with E-state index in [1.807, 2.05) is 0 Å². The molecule has 0 atom stereocenters. The van der Waals surface area contributed by atoms with Crippen LogP contribution in [0.5, 0.6) is 0 Å². The van der Waals surface area contributed by atoms with Crippen LogP contribution >= 0.6 is 12.2 Å². The molecule has 0 aliphatic rings. The summed E-state index contributed by atoms with van der Waals surface area (Å²) in [4.78, 5) is 7.43. The molecule has 1 aromatic rings. The van der Waals surface area contributed by atoms with Crippen LogP contribution in [0.2, 0.25) is 0 Å². The molecule has 1 radical (unpaired) electrons. The summed E-state index contributed by atoms with van der Waals surface area (Å²) in [5.41, 5.74) is 0.752. The third-order valence-electron chi connectivity index (χ3n) is 0.678. The fraction of sp³-hybridized carbons (Fsp3) is 0. The Labute approximate surface area is 52.6 Å². The molecule has 0 fully saturated rings. The van der Waals surface area contributed by atoms with Crippen molar-refractivity contribution >= 4 is 17.6 Å². The Morgan fingerprint density at radius 3 is 2.38 bits per heavy atom. The van der Waals surface area contributed by atoms with E-state index in [4.69, 9.17) is 0 Å². The maximum absolute atomic E-state index is 4.49. The van der Waals surface area contributed by atoms with Crippen LogP contribution in [-0.2, 0) is 0 Å². The highest BCUT2D eigenvalue weighted by atomic mass is 32.1. The van der Waals surface area contributed by atoms with Crippen molar-refractivity contribution in [3.8, 4) is 0 Å². The Hall–Kier alpha value is -0.830. The van der Waals surface area contributed by atoms with Crippen LogP contribution in [0.25, 0.3) is 0 Å². The molecule has 0 N–H and O–H groups in total. The average Bonchev–Trinajstić information content (AvgIpc) is 1.90. The number of aromatic nitrogens is 2. The van der Waals surface area contributed by atoms with Crippen molar-refractivity contribution in [2.45, 2.75) is 0 Å². The second kappa shape index (κ2) is 2.47. The molecule has 0 saturated heterocycles. The largest absolute Gasteiger partial charge is 0.244 e. The van der Waals surface area contributed by atoms with Crippen molar-refractivity contribution in [2.24, 2.45) is 0 Å². The van der Waals surface area contributed by atoms with Gasteiger partial charge in [0.1, 0.15) is 6.33 Å². The molecule has 39 valence electrons. The van der Waals surface area contributed by atoms with Gasteiger partial charge in [0.05, 0.1) is 5.37 Å². The van der Waals surface area contributed by atoms with Gasteiger partial charge in [0.2, 0.25) is 0 Å². The highest BCUT2D eigenvalue weighted by Gasteiger charge is 1.80. The Morgan fingerprint density at radius 1 is 1.38 bits per heavy atom. The molecule has 1 rings (SSSR count). The minimum absolute atomic E-state index is 0.752. The zero-order valence-electron chi connectivity index (χ0n) is 4.03. The van der Waals surface area contributed by atoms with Gasteiger partial charge in [0, 0.05) is 18.0 Å². The molecule has 3 heteroatoms. The van der Waals surface area contributed by atoms with E-state index in [1.165, 1.54) is 6.33 Å². The van der Waals surface area contributed by atoms with Crippen molar-refractivity contribution in [1.82, 2.24) is 9.97 Å². The van der Waals surface area contributed by atoms with Crippen molar-refractivity contribution in [2.75, 3.05) is 0 Å². The molecule has 0 unspecified atom stereocenters. The molecule has 0 aromatic carbocycles. The zero-order valence-corrected chi connectivity index (χ0v) is 4.85. The first-order valence-electron chi connectivity index (χ1n) is 2.06. The van der Waals surface area contributed by atoms with Gasteiger partial charge in [-0.1, -0.05) is 12.2 Å². The summed E-state index contributed by atoms with van der Waals surface area (Å²) in [6, 6.07) is 0. The highest BCUT2D eigenvalue weighted by molar-refractivity contribution is 7.79. The van der Waals surface area contributed by atoms with Gasteiger partial charge in [0.25, 0.3) is 0 Å². The van der Waals surface area contributed by atoms with E-state index < -0.39 is 0 Å². The molecule has 0 bridgehead atoms. The van der Waals surface area contributed by atoms with E-state index in [1.54, 1.807) is 12.4 Å². The molecule has 0 amide bonds. The topological polar surface area (TPSA) is 25.8 Å². The number of nitrogens with zero attached hydrogens (tertiary/aromatic N) is 2. The molecule has 1 heterocycles. The Kier molecular flexibility index (Phi) is 1.64. The first-order chi connectivity index (χ1) is 3.93. The van der Waals surface area contributed by atoms with Crippen molar-refractivity contribution in [1.29, 1.82) is 0 Å². The second-order valence-electron chi connectivity index (χ2n) is 1.23. The van der Waals surface area contributed by atoms with Crippen LogP contribution in [0.4, 0.5) is 0 Å². The summed E-state index contributed by atoms with van der Waals surface area (Å²) < 4.78 is 0. The molecular formula is C5H3N2S. The third kappa shape index (κ3) is 1.07.